The minimum absolute atomic E-state index is 0.141. The number of amides is 1. The lowest BCUT2D eigenvalue weighted by molar-refractivity contribution is -0.115. The molecule has 1 aliphatic heterocycles. The van der Waals surface area contributed by atoms with Gasteiger partial charge in [-0.2, -0.15) is 0 Å². The largest absolute Gasteiger partial charge is 0.300 e. The maximum atomic E-state index is 12.0. The fourth-order valence-electron chi connectivity index (χ4n) is 2.04. The Kier molecular flexibility index (Phi) is 4.32. The second kappa shape index (κ2) is 6.38. The number of rotatable bonds is 2. The molecule has 3 nitrogen and oxygen atoms in total. The fourth-order valence-corrected chi connectivity index (χ4v) is 3.06. The highest BCUT2D eigenvalue weighted by molar-refractivity contribution is 8.18. The molecule has 1 saturated heterocycles. The molecule has 0 atom stereocenters. The average Bonchev–Trinajstić information content (AvgIpc) is 2.81. The van der Waals surface area contributed by atoms with Gasteiger partial charge in [0.1, 0.15) is 0 Å². The summed E-state index contributed by atoms with van der Waals surface area (Å²) in [6.45, 7) is 2.02. The van der Waals surface area contributed by atoms with Crippen LogP contribution in [-0.2, 0) is 4.79 Å². The summed E-state index contributed by atoms with van der Waals surface area (Å²) in [6.07, 6.45) is 1.86. The van der Waals surface area contributed by atoms with Crippen molar-refractivity contribution in [3.8, 4) is 0 Å². The second-order valence-corrected chi connectivity index (χ2v) is 6.29. The van der Waals surface area contributed by atoms with Crippen molar-refractivity contribution in [2.45, 2.75) is 6.92 Å². The molecule has 2 aromatic rings. The van der Waals surface area contributed by atoms with Crippen molar-refractivity contribution in [3.05, 3.63) is 69.6 Å². The first-order valence-corrected chi connectivity index (χ1v) is 7.92. The van der Waals surface area contributed by atoms with Gasteiger partial charge in [-0.25, -0.2) is 4.99 Å². The van der Waals surface area contributed by atoms with Crippen LogP contribution in [0.4, 0.5) is 5.69 Å². The van der Waals surface area contributed by atoms with Gasteiger partial charge < -0.3 is 5.32 Å². The summed E-state index contributed by atoms with van der Waals surface area (Å²) in [5, 5.41) is 3.86. The van der Waals surface area contributed by atoms with E-state index >= 15 is 0 Å². The van der Waals surface area contributed by atoms with Crippen LogP contribution in [0.3, 0.4) is 0 Å². The van der Waals surface area contributed by atoms with E-state index in [2.05, 4.69) is 10.3 Å². The van der Waals surface area contributed by atoms with E-state index in [-0.39, 0.29) is 5.91 Å². The van der Waals surface area contributed by atoms with Crippen LogP contribution in [0.1, 0.15) is 11.1 Å². The Morgan fingerprint density at radius 2 is 2.00 bits per heavy atom. The van der Waals surface area contributed by atoms with Crippen LogP contribution < -0.4 is 5.32 Å². The number of aliphatic imine (C=N–C) groups is 1. The molecule has 1 N–H and O–H groups in total. The van der Waals surface area contributed by atoms with Crippen LogP contribution in [0.5, 0.6) is 0 Å². The molecule has 1 aliphatic rings. The molecule has 1 fully saturated rings. The van der Waals surface area contributed by atoms with E-state index in [0.29, 0.717) is 20.8 Å². The zero-order valence-electron chi connectivity index (χ0n) is 11.8. The maximum absolute atomic E-state index is 12.0. The van der Waals surface area contributed by atoms with Crippen molar-refractivity contribution < 1.29 is 4.79 Å². The number of para-hydroxylation sites is 1. The van der Waals surface area contributed by atoms with Gasteiger partial charge in [0, 0.05) is 0 Å². The third kappa shape index (κ3) is 3.40. The van der Waals surface area contributed by atoms with Gasteiger partial charge in [0.2, 0.25) is 0 Å². The van der Waals surface area contributed by atoms with Gasteiger partial charge in [-0.3, -0.25) is 4.79 Å². The maximum Gasteiger partial charge on any atom is 0.264 e. The van der Waals surface area contributed by atoms with E-state index in [1.807, 2.05) is 55.5 Å². The molecule has 0 unspecified atom stereocenters. The Labute approximate surface area is 138 Å². The van der Waals surface area contributed by atoms with E-state index in [1.165, 1.54) is 11.8 Å². The molecule has 0 spiro atoms. The average molecular weight is 329 g/mol. The van der Waals surface area contributed by atoms with Gasteiger partial charge in [0.05, 0.1) is 15.6 Å². The summed E-state index contributed by atoms with van der Waals surface area (Å²) in [6, 6.07) is 15.3. The predicted molar refractivity (Wildman–Crippen MR) is 93.4 cm³/mol. The normalized spacial score (nSPS) is 18.0. The molecule has 1 amide bonds. The molecule has 22 heavy (non-hydrogen) atoms. The number of hydrogen-bond donors (Lipinski definition) is 1. The Morgan fingerprint density at radius 1 is 1.18 bits per heavy atom. The predicted octanol–water partition coefficient (Wildman–Crippen LogP) is 4.54. The highest BCUT2D eigenvalue weighted by atomic mass is 35.5. The third-order valence-electron chi connectivity index (χ3n) is 3.07. The first-order valence-electron chi connectivity index (χ1n) is 6.72. The first kappa shape index (κ1) is 14.9. The van der Waals surface area contributed by atoms with Gasteiger partial charge in [0.15, 0.2) is 5.17 Å². The van der Waals surface area contributed by atoms with Gasteiger partial charge in [-0.15, -0.1) is 0 Å². The van der Waals surface area contributed by atoms with Crippen LogP contribution >= 0.6 is 23.4 Å². The molecule has 2 aromatic carbocycles. The molecule has 0 bridgehead atoms. The molecular formula is C17H13ClN2OS. The number of carbonyl (C=O) groups excluding carboxylic acids is 1. The van der Waals surface area contributed by atoms with E-state index in [0.717, 1.165) is 11.1 Å². The number of hydrogen-bond acceptors (Lipinski definition) is 3. The lowest BCUT2D eigenvalue weighted by Crippen LogP contribution is -2.19. The Hall–Kier alpha value is -2.04. The first-order chi connectivity index (χ1) is 10.6. The van der Waals surface area contributed by atoms with Crippen LogP contribution in [0, 0.1) is 6.92 Å². The highest BCUT2D eigenvalue weighted by Gasteiger charge is 2.23. The van der Waals surface area contributed by atoms with Crippen molar-refractivity contribution in [1.82, 2.24) is 5.32 Å². The van der Waals surface area contributed by atoms with Crippen molar-refractivity contribution in [3.63, 3.8) is 0 Å². The quantitative estimate of drug-likeness (QED) is 0.822. The highest BCUT2D eigenvalue weighted by Crippen LogP contribution is 2.30. The van der Waals surface area contributed by atoms with E-state index < -0.39 is 0 Å². The molecule has 0 aromatic heterocycles. The Bertz CT molecular complexity index is 799. The molecule has 3 rings (SSSR count). The number of nitrogens with one attached hydrogen (secondary N) is 1. The number of amidine groups is 1. The minimum atomic E-state index is -0.141. The van der Waals surface area contributed by atoms with Crippen molar-refractivity contribution in [2.24, 2.45) is 4.99 Å². The summed E-state index contributed by atoms with van der Waals surface area (Å²) < 4.78 is 0. The summed E-state index contributed by atoms with van der Waals surface area (Å²) in [5.41, 5.74) is 2.79. The van der Waals surface area contributed by atoms with Crippen LogP contribution in [0.15, 0.2) is 58.4 Å². The summed E-state index contributed by atoms with van der Waals surface area (Å²) in [7, 11) is 0. The van der Waals surface area contributed by atoms with E-state index in [9.17, 15) is 4.79 Å². The standard InChI is InChI=1S/C17H13ClN2OS/c1-11-5-4-6-12(9-11)10-15-16(21)20-17(22-15)19-14-8-3-2-7-13(14)18/h2-10H,1H3,(H,19,20,21)/b15-10+. The van der Waals surface area contributed by atoms with Crippen molar-refractivity contribution in [2.75, 3.05) is 0 Å². The van der Waals surface area contributed by atoms with E-state index in [4.69, 9.17) is 11.6 Å². The van der Waals surface area contributed by atoms with E-state index in [1.54, 1.807) is 6.07 Å². The van der Waals surface area contributed by atoms with Gasteiger partial charge >= 0.3 is 0 Å². The zero-order chi connectivity index (χ0) is 15.5. The second-order valence-electron chi connectivity index (χ2n) is 4.85. The fraction of sp³-hybridized carbons (Fsp3) is 0.0588. The summed E-state index contributed by atoms with van der Waals surface area (Å²) in [4.78, 5) is 17.0. The van der Waals surface area contributed by atoms with Crippen LogP contribution in [-0.4, -0.2) is 11.1 Å². The number of halogens is 1. The minimum Gasteiger partial charge on any atom is -0.300 e. The van der Waals surface area contributed by atoms with Crippen LogP contribution in [0.25, 0.3) is 6.08 Å². The van der Waals surface area contributed by atoms with Gasteiger partial charge in [-0.05, 0) is 42.5 Å². The Balaban J connectivity index is 1.86. The molecule has 0 radical (unpaired) electrons. The summed E-state index contributed by atoms with van der Waals surface area (Å²) in [5.74, 6) is -0.141. The monoisotopic (exact) mass is 328 g/mol. The molecule has 0 saturated carbocycles. The molecule has 5 heteroatoms. The van der Waals surface area contributed by atoms with Crippen LogP contribution in [0.2, 0.25) is 5.02 Å². The number of thioether (sulfide) groups is 1. The smallest absolute Gasteiger partial charge is 0.264 e. The number of aryl methyl sites for hydroxylation is 1. The van der Waals surface area contributed by atoms with Gasteiger partial charge in [0.25, 0.3) is 5.91 Å². The molecule has 0 aliphatic carbocycles. The molecular weight excluding hydrogens is 316 g/mol. The lowest BCUT2D eigenvalue weighted by Gasteiger charge is -1.98. The lowest BCUT2D eigenvalue weighted by atomic mass is 10.1. The number of carbonyl (C=O) groups is 1. The molecule has 1 heterocycles. The summed E-state index contributed by atoms with van der Waals surface area (Å²) >= 11 is 7.39. The van der Waals surface area contributed by atoms with Crippen molar-refractivity contribution in [1.29, 1.82) is 0 Å². The van der Waals surface area contributed by atoms with Gasteiger partial charge in [-0.1, -0.05) is 53.6 Å². The number of benzene rings is 2. The third-order valence-corrected chi connectivity index (χ3v) is 4.29. The topological polar surface area (TPSA) is 41.5 Å². The number of nitrogens with zero attached hydrogens (tertiary/aromatic N) is 1. The van der Waals surface area contributed by atoms with Crippen molar-refractivity contribution >= 4 is 46.2 Å². The SMILES string of the molecule is Cc1cccc(/C=C2/SC(=Nc3ccccc3Cl)NC2=O)c1. The zero-order valence-corrected chi connectivity index (χ0v) is 13.4. The Morgan fingerprint density at radius 3 is 2.77 bits per heavy atom. The molecule has 110 valence electrons.